The normalized spacial score (nSPS) is 41.7. The molecule has 6 rings (SSSR count). The van der Waals surface area contributed by atoms with Crippen LogP contribution in [0.4, 0.5) is 10.5 Å². The molecule has 33 heavy (non-hydrogen) atoms. The zero-order valence-corrected chi connectivity index (χ0v) is 20.0. The van der Waals surface area contributed by atoms with Crippen molar-refractivity contribution in [1.29, 1.82) is 0 Å². The molecule has 8 atom stereocenters. The van der Waals surface area contributed by atoms with Crippen molar-refractivity contribution >= 4 is 11.7 Å². The number of ether oxygens (including phenoxy) is 3. The predicted octanol–water partition coefficient (Wildman–Crippen LogP) is 4.34. The molecule has 2 N–H and O–H groups in total. The summed E-state index contributed by atoms with van der Waals surface area (Å²) in [5.41, 5.74) is 1.22. The van der Waals surface area contributed by atoms with E-state index in [4.69, 9.17) is 24.0 Å². The molecule has 8 nitrogen and oxygen atoms in total. The Labute approximate surface area is 195 Å². The largest absolute Gasteiger partial charge is 0.350 e. The number of hydrogen-bond donors (Lipinski definition) is 2. The van der Waals surface area contributed by atoms with Gasteiger partial charge in [-0.15, -0.1) is 0 Å². The lowest BCUT2D eigenvalue weighted by Crippen LogP contribution is -2.70. The minimum atomic E-state index is -0.794. The summed E-state index contributed by atoms with van der Waals surface area (Å²) in [6.45, 7) is 9.07. The highest BCUT2D eigenvalue weighted by Crippen LogP contribution is 2.60. The van der Waals surface area contributed by atoms with Crippen LogP contribution in [-0.2, 0) is 24.0 Å². The average Bonchev–Trinajstić information content (AvgIpc) is 3.02. The second-order valence-electron chi connectivity index (χ2n) is 10.3. The second kappa shape index (κ2) is 8.82. The highest BCUT2D eigenvalue weighted by atomic mass is 17.3. The number of fused-ring (bicyclic) bond motifs is 2. The number of para-hydroxylation sites is 1. The maximum absolute atomic E-state index is 12.2. The van der Waals surface area contributed by atoms with Gasteiger partial charge in [-0.3, -0.25) is 0 Å². The van der Waals surface area contributed by atoms with Crippen LogP contribution in [-0.4, -0.2) is 43.2 Å². The number of aryl methyl sites for hydroxylation is 1. The van der Waals surface area contributed by atoms with Gasteiger partial charge in [0.25, 0.3) is 0 Å². The van der Waals surface area contributed by atoms with Crippen molar-refractivity contribution in [1.82, 2.24) is 5.32 Å². The number of amides is 2. The van der Waals surface area contributed by atoms with Gasteiger partial charge in [0.1, 0.15) is 0 Å². The Balaban J connectivity index is 1.20. The van der Waals surface area contributed by atoms with Crippen molar-refractivity contribution in [3.8, 4) is 0 Å². The first-order chi connectivity index (χ1) is 15.8. The van der Waals surface area contributed by atoms with Gasteiger partial charge < -0.3 is 24.8 Å². The number of carbonyl (C=O) groups excluding carboxylic acids is 1. The standard InChI is InChI=1S/C25H36N2O6/c1-15-9-10-19-17(3)21(29-14-13-26-23(28)27-20-8-6-5-7-16(20)2)30-22-25(19)18(15)11-12-24(4,31-22)32-33-25/h5-8,15,17-19,21-22H,9-14H2,1-4H3,(H2,26,27,28)/t15-,17-,18+,19+,21+,22-,24-,25-/m1/s1. The summed E-state index contributed by atoms with van der Waals surface area (Å²) in [7, 11) is 0. The fourth-order valence-electron chi connectivity index (χ4n) is 6.28. The molecule has 5 fully saturated rings. The first-order valence-corrected chi connectivity index (χ1v) is 12.2. The van der Waals surface area contributed by atoms with Crippen LogP contribution in [0.25, 0.3) is 0 Å². The zero-order chi connectivity index (χ0) is 23.2. The Kier molecular flexibility index (Phi) is 6.16. The van der Waals surface area contributed by atoms with E-state index in [0.717, 1.165) is 36.9 Å². The maximum Gasteiger partial charge on any atom is 0.319 e. The molecule has 1 aliphatic carbocycles. The molecule has 1 aromatic rings. The van der Waals surface area contributed by atoms with E-state index in [1.54, 1.807) is 0 Å². The van der Waals surface area contributed by atoms with Crippen LogP contribution in [0.1, 0.15) is 52.0 Å². The third-order valence-corrected chi connectivity index (χ3v) is 8.16. The lowest BCUT2D eigenvalue weighted by molar-refractivity contribution is -0.577. The Morgan fingerprint density at radius 3 is 2.79 bits per heavy atom. The number of urea groups is 1. The number of hydrogen-bond acceptors (Lipinski definition) is 6. The fourth-order valence-corrected chi connectivity index (χ4v) is 6.28. The summed E-state index contributed by atoms with van der Waals surface area (Å²) in [6, 6.07) is 7.42. The topological polar surface area (TPSA) is 87.3 Å². The summed E-state index contributed by atoms with van der Waals surface area (Å²) < 4.78 is 18.9. The summed E-state index contributed by atoms with van der Waals surface area (Å²) in [4.78, 5) is 24.2. The first-order valence-electron chi connectivity index (χ1n) is 12.2. The van der Waals surface area contributed by atoms with Gasteiger partial charge in [-0.05, 0) is 56.6 Å². The van der Waals surface area contributed by atoms with Crippen molar-refractivity contribution in [2.75, 3.05) is 18.5 Å². The predicted molar refractivity (Wildman–Crippen MR) is 121 cm³/mol. The molecule has 2 amide bonds. The first kappa shape index (κ1) is 23.1. The van der Waals surface area contributed by atoms with Crippen LogP contribution in [0.3, 0.4) is 0 Å². The highest BCUT2D eigenvalue weighted by molar-refractivity contribution is 5.89. The lowest BCUT2D eigenvalue weighted by Gasteiger charge is -2.60. The van der Waals surface area contributed by atoms with E-state index in [9.17, 15) is 4.79 Å². The molecule has 4 heterocycles. The summed E-state index contributed by atoms with van der Waals surface area (Å²) >= 11 is 0. The molecule has 1 spiro atoms. The van der Waals surface area contributed by atoms with Gasteiger partial charge in [-0.25, -0.2) is 14.6 Å². The van der Waals surface area contributed by atoms with Gasteiger partial charge in [0.15, 0.2) is 18.2 Å². The minimum absolute atomic E-state index is 0.117. The zero-order valence-electron chi connectivity index (χ0n) is 20.0. The molecule has 5 aliphatic rings. The smallest absolute Gasteiger partial charge is 0.319 e. The second-order valence-corrected chi connectivity index (χ2v) is 10.3. The van der Waals surface area contributed by atoms with Crippen LogP contribution in [0.5, 0.6) is 0 Å². The molecule has 1 aromatic carbocycles. The SMILES string of the molecule is Cc1ccccc1NC(=O)NCCO[C@H]1O[C@@H]2O[C@@]3(C)CC[C@H]4[C@H](C)CC[C@@H]([C@H]1C)[C@@]24OO3. The Bertz CT molecular complexity index is 882. The van der Waals surface area contributed by atoms with Crippen molar-refractivity contribution < 1.29 is 28.8 Å². The molecule has 0 radical (unpaired) electrons. The number of anilines is 1. The maximum atomic E-state index is 12.2. The van der Waals surface area contributed by atoms with Gasteiger partial charge in [-0.1, -0.05) is 32.0 Å². The Morgan fingerprint density at radius 1 is 1.15 bits per heavy atom. The third-order valence-electron chi connectivity index (χ3n) is 8.16. The van der Waals surface area contributed by atoms with Crippen LogP contribution in [0.2, 0.25) is 0 Å². The molecule has 4 saturated heterocycles. The van der Waals surface area contributed by atoms with Gasteiger partial charge >= 0.3 is 6.03 Å². The number of nitrogens with one attached hydrogen (secondary N) is 2. The van der Waals surface area contributed by atoms with Crippen LogP contribution < -0.4 is 10.6 Å². The molecular formula is C25H36N2O6. The van der Waals surface area contributed by atoms with Crippen molar-refractivity contribution in [3.63, 3.8) is 0 Å². The van der Waals surface area contributed by atoms with E-state index >= 15 is 0 Å². The van der Waals surface area contributed by atoms with E-state index in [1.165, 1.54) is 0 Å². The molecule has 4 aliphatic heterocycles. The molecule has 1 saturated carbocycles. The minimum Gasteiger partial charge on any atom is -0.350 e. The Hall–Kier alpha value is -1.71. The molecule has 0 unspecified atom stereocenters. The number of benzene rings is 1. The highest BCUT2D eigenvalue weighted by Gasteiger charge is 2.69. The number of rotatable bonds is 5. The average molecular weight is 461 g/mol. The summed E-state index contributed by atoms with van der Waals surface area (Å²) in [5.74, 6) is 0.410. The molecule has 182 valence electrons. The van der Waals surface area contributed by atoms with Crippen LogP contribution in [0, 0.1) is 30.6 Å². The van der Waals surface area contributed by atoms with Crippen LogP contribution in [0.15, 0.2) is 24.3 Å². The van der Waals surface area contributed by atoms with Crippen molar-refractivity contribution in [3.05, 3.63) is 29.8 Å². The van der Waals surface area contributed by atoms with Gasteiger partial charge in [0.2, 0.25) is 5.79 Å². The molecule has 2 bridgehead atoms. The summed E-state index contributed by atoms with van der Waals surface area (Å²) in [5, 5.41) is 5.72. The van der Waals surface area contributed by atoms with E-state index in [-0.39, 0.29) is 17.9 Å². The third kappa shape index (κ3) is 4.06. The van der Waals surface area contributed by atoms with Crippen LogP contribution >= 0.6 is 0 Å². The van der Waals surface area contributed by atoms with Gasteiger partial charge in [0.05, 0.1) is 6.61 Å². The van der Waals surface area contributed by atoms with Gasteiger partial charge in [0, 0.05) is 30.5 Å². The van der Waals surface area contributed by atoms with E-state index in [1.807, 2.05) is 38.1 Å². The number of carbonyl (C=O) groups is 1. The van der Waals surface area contributed by atoms with Gasteiger partial charge in [-0.2, -0.15) is 0 Å². The quantitative estimate of drug-likeness (QED) is 0.502. The molecular weight excluding hydrogens is 424 g/mol. The lowest BCUT2D eigenvalue weighted by atomic mass is 9.58. The molecule has 8 heteroatoms. The van der Waals surface area contributed by atoms with Crippen molar-refractivity contribution in [2.45, 2.75) is 77.3 Å². The molecule has 0 aromatic heterocycles. The Morgan fingerprint density at radius 2 is 1.97 bits per heavy atom. The van der Waals surface area contributed by atoms with E-state index in [2.05, 4.69) is 24.5 Å². The van der Waals surface area contributed by atoms with E-state index in [0.29, 0.717) is 25.0 Å². The van der Waals surface area contributed by atoms with E-state index < -0.39 is 24.0 Å². The monoisotopic (exact) mass is 460 g/mol. The summed E-state index contributed by atoms with van der Waals surface area (Å²) in [6.07, 6.45) is 3.03. The van der Waals surface area contributed by atoms with Crippen molar-refractivity contribution in [2.24, 2.45) is 23.7 Å². The fraction of sp³-hybridized carbons (Fsp3) is 0.720.